The van der Waals surface area contributed by atoms with Gasteiger partial charge in [0.25, 0.3) is 5.91 Å². The zero-order valence-corrected chi connectivity index (χ0v) is 13.7. The van der Waals surface area contributed by atoms with Crippen LogP contribution < -0.4 is 0 Å². The van der Waals surface area contributed by atoms with Crippen LogP contribution in [-0.4, -0.2) is 43.3 Å². The quantitative estimate of drug-likeness (QED) is 0.850. The van der Waals surface area contributed by atoms with Crippen molar-refractivity contribution in [2.24, 2.45) is 0 Å². The highest BCUT2D eigenvalue weighted by atomic mass is 16.6. The number of benzene rings is 1. The monoisotopic (exact) mass is 317 g/mol. The Morgan fingerprint density at radius 1 is 1.35 bits per heavy atom. The minimum absolute atomic E-state index is 0.0282. The van der Waals surface area contributed by atoms with Crippen LogP contribution >= 0.6 is 0 Å². The molecule has 0 radical (unpaired) electrons. The van der Waals surface area contributed by atoms with Crippen LogP contribution in [0.4, 0.5) is 0 Å². The Labute approximate surface area is 136 Å². The van der Waals surface area contributed by atoms with E-state index in [-0.39, 0.29) is 11.9 Å². The van der Waals surface area contributed by atoms with Gasteiger partial charge in [0.2, 0.25) is 0 Å². The van der Waals surface area contributed by atoms with Crippen molar-refractivity contribution < 1.29 is 18.7 Å². The molecule has 3 rings (SSSR count). The molecule has 2 heterocycles. The van der Waals surface area contributed by atoms with E-state index in [1.54, 1.807) is 0 Å². The van der Waals surface area contributed by atoms with Gasteiger partial charge in [-0.05, 0) is 25.5 Å². The Hall–Kier alpha value is -1.85. The van der Waals surface area contributed by atoms with Crippen LogP contribution in [0.15, 0.2) is 34.7 Å². The van der Waals surface area contributed by atoms with Gasteiger partial charge in [0.15, 0.2) is 6.10 Å². The highest BCUT2D eigenvalue weighted by molar-refractivity contribution is 5.82. The third-order valence-corrected chi connectivity index (χ3v) is 4.16. The van der Waals surface area contributed by atoms with E-state index in [1.807, 2.05) is 42.2 Å². The standard InChI is InChI=1S/C18H23NO4/c1-3-8-19(18(20)17-12-21-9-10-22-17)13(2)16-11-14-6-4-5-7-15(14)23-16/h4-7,11,13,17H,3,8-10,12H2,1-2H3/t13-,17-/m0/s1. The summed E-state index contributed by atoms with van der Waals surface area (Å²) in [6.07, 6.45) is 0.367. The number of furan rings is 1. The fourth-order valence-corrected chi connectivity index (χ4v) is 2.91. The number of ether oxygens (including phenoxy) is 2. The number of hydrogen-bond acceptors (Lipinski definition) is 4. The van der Waals surface area contributed by atoms with Gasteiger partial charge in [-0.1, -0.05) is 25.1 Å². The number of carbonyl (C=O) groups is 1. The lowest BCUT2D eigenvalue weighted by molar-refractivity contribution is -0.160. The number of nitrogens with zero attached hydrogens (tertiary/aromatic N) is 1. The van der Waals surface area contributed by atoms with E-state index >= 15 is 0 Å². The van der Waals surface area contributed by atoms with E-state index in [1.165, 1.54) is 0 Å². The Kier molecular flexibility index (Phi) is 4.98. The first-order valence-electron chi connectivity index (χ1n) is 8.19. The molecule has 2 atom stereocenters. The van der Waals surface area contributed by atoms with Gasteiger partial charge in [0.1, 0.15) is 11.3 Å². The molecule has 0 unspecified atom stereocenters. The highest BCUT2D eigenvalue weighted by Crippen LogP contribution is 2.28. The summed E-state index contributed by atoms with van der Waals surface area (Å²) in [4.78, 5) is 14.6. The average Bonchev–Trinajstić information content (AvgIpc) is 3.03. The van der Waals surface area contributed by atoms with Crippen molar-refractivity contribution in [3.8, 4) is 0 Å². The van der Waals surface area contributed by atoms with Gasteiger partial charge in [0, 0.05) is 11.9 Å². The van der Waals surface area contributed by atoms with Crippen molar-refractivity contribution >= 4 is 16.9 Å². The van der Waals surface area contributed by atoms with Crippen molar-refractivity contribution in [3.63, 3.8) is 0 Å². The van der Waals surface area contributed by atoms with E-state index < -0.39 is 6.10 Å². The topological polar surface area (TPSA) is 51.9 Å². The number of hydrogen-bond donors (Lipinski definition) is 0. The third-order valence-electron chi connectivity index (χ3n) is 4.16. The maximum Gasteiger partial charge on any atom is 0.254 e. The van der Waals surface area contributed by atoms with Crippen LogP contribution in [0.5, 0.6) is 0 Å². The normalized spacial score (nSPS) is 19.7. The maximum absolute atomic E-state index is 12.8. The second-order valence-corrected chi connectivity index (χ2v) is 5.83. The molecule has 5 heteroatoms. The van der Waals surface area contributed by atoms with Crippen molar-refractivity contribution in [3.05, 3.63) is 36.1 Å². The van der Waals surface area contributed by atoms with Gasteiger partial charge >= 0.3 is 0 Å². The summed E-state index contributed by atoms with van der Waals surface area (Å²) >= 11 is 0. The maximum atomic E-state index is 12.8. The van der Waals surface area contributed by atoms with Gasteiger partial charge < -0.3 is 18.8 Å². The molecule has 1 aliphatic heterocycles. The van der Waals surface area contributed by atoms with Gasteiger partial charge in [-0.2, -0.15) is 0 Å². The fourth-order valence-electron chi connectivity index (χ4n) is 2.91. The molecule has 0 saturated carbocycles. The number of rotatable bonds is 5. The van der Waals surface area contributed by atoms with E-state index in [0.29, 0.717) is 26.4 Å². The molecule has 0 aliphatic carbocycles. The minimum atomic E-state index is -0.512. The van der Waals surface area contributed by atoms with Gasteiger partial charge in [-0.15, -0.1) is 0 Å². The Morgan fingerprint density at radius 2 is 2.17 bits per heavy atom. The summed E-state index contributed by atoms with van der Waals surface area (Å²) in [5, 5.41) is 1.05. The zero-order chi connectivity index (χ0) is 16.2. The van der Waals surface area contributed by atoms with Crippen molar-refractivity contribution in [2.45, 2.75) is 32.4 Å². The summed E-state index contributed by atoms with van der Waals surface area (Å²) in [7, 11) is 0. The molecule has 5 nitrogen and oxygen atoms in total. The molecule has 1 aliphatic rings. The van der Waals surface area contributed by atoms with Gasteiger partial charge in [-0.25, -0.2) is 0 Å². The average molecular weight is 317 g/mol. The molecule has 23 heavy (non-hydrogen) atoms. The molecule has 1 saturated heterocycles. The first-order valence-corrected chi connectivity index (χ1v) is 8.19. The predicted octanol–water partition coefficient (Wildman–Crippen LogP) is 3.15. The van der Waals surface area contributed by atoms with Crippen LogP contribution in [-0.2, 0) is 14.3 Å². The lowest BCUT2D eigenvalue weighted by atomic mass is 10.1. The third kappa shape index (κ3) is 3.41. The Balaban J connectivity index is 1.82. The molecule has 0 spiro atoms. The summed E-state index contributed by atoms with van der Waals surface area (Å²) in [6.45, 7) is 6.06. The van der Waals surface area contributed by atoms with E-state index in [9.17, 15) is 4.79 Å². The minimum Gasteiger partial charge on any atom is -0.459 e. The van der Waals surface area contributed by atoms with Gasteiger partial charge in [0.05, 0.1) is 25.9 Å². The van der Waals surface area contributed by atoms with E-state index in [0.717, 1.165) is 23.2 Å². The molecule has 1 aromatic heterocycles. The number of carbonyl (C=O) groups excluding carboxylic acids is 1. The predicted molar refractivity (Wildman–Crippen MR) is 87.2 cm³/mol. The van der Waals surface area contributed by atoms with E-state index in [2.05, 4.69) is 6.92 Å². The molecule has 0 bridgehead atoms. The second-order valence-electron chi connectivity index (χ2n) is 5.83. The smallest absolute Gasteiger partial charge is 0.254 e. The van der Waals surface area contributed by atoms with Crippen LogP contribution in [0.2, 0.25) is 0 Å². The molecule has 1 fully saturated rings. The molecule has 0 N–H and O–H groups in total. The Bertz CT molecular complexity index is 627. The first kappa shape index (κ1) is 16.0. The molecule has 1 aromatic carbocycles. The highest BCUT2D eigenvalue weighted by Gasteiger charge is 2.31. The summed E-state index contributed by atoms with van der Waals surface area (Å²) in [5.41, 5.74) is 0.843. The van der Waals surface area contributed by atoms with Crippen LogP contribution in [0.1, 0.15) is 32.1 Å². The summed E-state index contributed by atoms with van der Waals surface area (Å²) < 4.78 is 16.9. The molecule has 2 aromatic rings. The van der Waals surface area contributed by atoms with Gasteiger partial charge in [-0.3, -0.25) is 4.79 Å². The van der Waals surface area contributed by atoms with Crippen molar-refractivity contribution in [2.75, 3.05) is 26.4 Å². The molecular weight excluding hydrogens is 294 g/mol. The Morgan fingerprint density at radius 3 is 2.87 bits per heavy atom. The van der Waals surface area contributed by atoms with E-state index in [4.69, 9.17) is 13.9 Å². The number of para-hydroxylation sites is 1. The molecule has 1 amide bonds. The molecule has 124 valence electrons. The van der Waals surface area contributed by atoms with Crippen molar-refractivity contribution in [1.82, 2.24) is 4.90 Å². The SMILES string of the molecule is CCCN(C(=O)[C@@H]1COCCO1)[C@@H](C)c1cc2ccccc2o1. The fraction of sp³-hybridized carbons (Fsp3) is 0.500. The summed E-state index contributed by atoms with van der Waals surface area (Å²) in [5.74, 6) is 0.768. The largest absolute Gasteiger partial charge is 0.459 e. The van der Waals surface area contributed by atoms with Crippen LogP contribution in [0.3, 0.4) is 0 Å². The van der Waals surface area contributed by atoms with Crippen molar-refractivity contribution in [1.29, 1.82) is 0 Å². The van der Waals surface area contributed by atoms with Crippen LogP contribution in [0.25, 0.3) is 11.0 Å². The second kappa shape index (κ2) is 7.15. The van der Waals surface area contributed by atoms with Crippen LogP contribution in [0, 0.1) is 0 Å². The summed E-state index contributed by atoms with van der Waals surface area (Å²) in [6, 6.07) is 9.75. The number of amides is 1. The first-order chi connectivity index (χ1) is 11.2. The number of fused-ring (bicyclic) bond motifs is 1. The molecular formula is C18H23NO4. The lowest BCUT2D eigenvalue weighted by Gasteiger charge is -2.32. The lowest BCUT2D eigenvalue weighted by Crippen LogP contribution is -2.46. The zero-order valence-electron chi connectivity index (χ0n) is 13.7.